The highest BCUT2D eigenvalue weighted by atomic mass is 16.5. The number of nitrogens with zero attached hydrogens (tertiary/aromatic N) is 1. The molecule has 4 heteroatoms. The molecule has 0 fully saturated rings. The second-order valence-electron chi connectivity index (χ2n) is 8.60. The summed E-state index contributed by atoms with van der Waals surface area (Å²) in [4.78, 5) is 13.8. The van der Waals surface area contributed by atoms with E-state index in [4.69, 9.17) is 4.74 Å². The number of ether oxygens (including phenoxy) is 1. The zero-order valence-electron chi connectivity index (χ0n) is 20.3. The van der Waals surface area contributed by atoms with Gasteiger partial charge in [-0.15, -0.1) is 4.57 Å². The van der Waals surface area contributed by atoms with Crippen LogP contribution in [0.15, 0.2) is 121 Å². The predicted octanol–water partition coefficient (Wildman–Crippen LogP) is 6.87. The van der Waals surface area contributed by atoms with Gasteiger partial charge in [0.25, 0.3) is 5.69 Å². The highest BCUT2D eigenvalue weighted by Crippen LogP contribution is 2.27. The molecule has 1 aromatic heterocycles. The van der Waals surface area contributed by atoms with E-state index >= 15 is 0 Å². The summed E-state index contributed by atoms with van der Waals surface area (Å²) in [6, 6.07) is 40.0. The number of aromatic nitrogens is 1. The van der Waals surface area contributed by atoms with E-state index in [0.29, 0.717) is 11.4 Å². The third-order valence-corrected chi connectivity index (χ3v) is 6.12. The van der Waals surface area contributed by atoms with E-state index in [1.807, 2.05) is 83.4 Å². The van der Waals surface area contributed by atoms with Crippen molar-refractivity contribution in [3.05, 3.63) is 133 Å². The summed E-state index contributed by atoms with van der Waals surface area (Å²) < 4.78 is 7.29. The van der Waals surface area contributed by atoms with Crippen LogP contribution in [-0.4, -0.2) is 13.0 Å². The zero-order valence-corrected chi connectivity index (χ0v) is 20.3. The third kappa shape index (κ3) is 4.89. The quantitative estimate of drug-likeness (QED) is 0.275. The first-order valence-corrected chi connectivity index (χ1v) is 11.9. The number of hydrogen-bond acceptors (Lipinski definition) is 2. The molecule has 176 valence electrons. The van der Waals surface area contributed by atoms with Crippen molar-refractivity contribution >= 4 is 11.6 Å². The second-order valence-corrected chi connectivity index (χ2v) is 8.60. The Hall–Kier alpha value is -4.70. The van der Waals surface area contributed by atoms with E-state index in [1.165, 1.54) is 0 Å². The molecule has 5 rings (SSSR count). The van der Waals surface area contributed by atoms with E-state index in [9.17, 15) is 4.79 Å². The molecule has 0 saturated carbocycles. The van der Waals surface area contributed by atoms with Crippen LogP contribution in [0.4, 0.5) is 5.69 Å². The van der Waals surface area contributed by atoms with Crippen LogP contribution in [0.1, 0.15) is 16.1 Å². The Bertz CT molecular complexity index is 1480. The number of aryl methyl sites for hydroxylation is 1. The minimum absolute atomic E-state index is 0.198. The molecule has 4 aromatic carbocycles. The monoisotopic (exact) mass is 471 g/mol. The maximum atomic E-state index is 13.8. The Balaban J connectivity index is 1.72. The summed E-state index contributed by atoms with van der Waals surface area (Å²) in [6.07, 6.45) is 0. The molecular weight excluding hydrogens is 444 g/mol. The molecule has 1 heterocycles. The summed E-state index contributed by atoms with van der Waals surface area (Å²) >= 11 is 0. The van der Waals surface area contributed by atoms with Gasteiger partial charge in [-0.25, -0.2) is 0 Å². The minimum Gasteiger partial charge on any atom is -0.497 e. The SMILES string of the molecule is COc1ccc(NC(=O)c2cc(-c3ccccc3)cc(-c3ccccc3)[n+]2-c2ccc(C)cc2)cc1. The minimum atomic E-state index is -0.198. The lowest BCUT2D eigenvalue weighted by atomic mass is 10.0. The average molecular weight is 472 g/mol. The predicted molar refractivity (Wildman–Crippen MR) is 145 cm³/mol. The summed E-state index contributed by atoms with van der Waals surface area (Å²) in [5.41, 5.74) is 7.28. The van der Waals surface area contributed by atoms with Gasteiger partial charge in [0.2, 0.25) is 11.4 Å². The number of hydrogen-bond donors (Lipinski definition) is 1. The maximum Gasteiger partial charge on any atom is 0.321 e. The number of carbonyl (C=O) groups is 1. The van der Waals surface area contributed by atoms with E-state index < -0.39 is 0 Å². The number of nitrogens with one attached hydrogen (secondary N) is 1. The van der Waals surface area contributed by atoms with Crippen LogP contribution in [0.2, 0.25) is 0 Å². The first-order valence-electron chi connectivity index (χ1n) is 11.9. The fraction of sp³-hybridized carbons (Fsp3) is 0.0625. The summed E-state index contributed by atoms with van der Waals surface area (Å²) in [6.45, 7) is 2.06. The molecule has 0 aliphatic carbocycles. The standard InChI is InChI=1S/C32H26N2O2/c1-23-13-17-28(18-14-23)34-30(25-11-7-4-8-12-25)21-26(24-9-5-3-6-10-24)22-31(34)32(35)33-27-15-19-29(36-2)20-16-27/h3-22H,1-2H3/p+1. The van der Waals surface area contributed by atoms with Crippen LogP contribution in [0, 0.1) is 6.92 Å². The Morgan fingerprint density at radius 1 is 0.694 bits per heavy atom. The highest BCUT2D eigenvalue weighted by Gasteiger charge is 2.28. The van der Waals surface area contributed by atoms with Crippen molar-refractivity contribution < 1.29 is 14.1 Å². The van der Waals surface area contributed by atoms with Gasteiger partial charge in [-0.1, -0.05) is 66.2 Å². The molecule has 0 aliphatic rings. The van der Waals surface area contributed by atoms with Crippen molar-refractivity contribution in [1.29, 1.82) is 0 Å². The summed E-state index contributed by atoms with van der Waals surface area (Å²) in [7, 11) is 1.62. The Labute approximate surface area is 211 Å². The normalized spacial score (nSPS) is 10.6. The molecule has 0 spiro atoms. The van der Waals surface area contributed by atoms with E-state index in [1.54, 1.807) is 7.11 Å². The van der Waals surface area contributed by atoms with Crippen LogP contribution >= 0.6 is 0 Å². The average Bonchev–Trinajstić information content (AvgIpc) is 2.94. The largest absolute Gasteiger partial charge is 0.497 e. The van der Waals surface area contributed by atoms with Crippen molar-refractivity contribution in [2.24, 2.45) is 0 Å². The number of benzene rings is 4. The number of anilines is 1. The number of methoxy groups -OCH3 is 1. The van der Waals surface area contributed by atoms with Gasteiger partial charge < -0.3 is 10.1 Å². The molecule has 4 nitrogen and oxygen atoms in total. The maximum absolute atomic E-state index is 13.8. The van der Waals surface area contributed by atoms with Crippen molar-refractivity contribution in [3.8, 4) is 33.8 Å². The molecule has 1 N–H and O–H groups in total. The van der Waals surface area contributed by atoms with Gasteiger partial charge in [0.1, 0.15) is 5.75 Å². The number of rotatable bonds is 6. The number of carbonyl (C=O) groups excluding carboxylic acids is 1. The van der Waals surface area contributed by atoms with Crippen LogP contribution in [-0.2, 0) is 0 Å². The van der Waals surface area contributed by atoms with Crippen molar-refractivity contribution in [2.45, 2.75) is 6.92 Å². The van der Waals surface area contributed by atoms with Gasteiger partial charge in [-0.05, 0) is 54.4 Å². The molecule has 1 amide bonds. The third-order valence-electron chi connectivity index (χ3n) is 6.12. The molecule has 0 aliphatic heterocycles. The number of pyridine rings is 1. The van der Waals surface area contributed by atoms with E-state index in [2.05, 4.69) is 54.7 Å². The van der Waals surface area contributed by atoms with Crippen LogP contribution in [0.25, 0.3) is 28.1 Å². The molecule has 0 atom stereocenters. The smallest absolute Gasteiger partial charge is 0.321 e. The van der Waals surface area contributed by atoms with Crippen LogP contribution in [0.3, 0.4) is 0 Å². The Morgan fingerprint density at radius 2 is 1.31 bits per heavy atom. The van der Waals surface area contributed by atoms with E-state index in [0.717, 1.165) is 39.4 Å². The van der Waals surface area contributed by atoms with Crippen molar-refractivity contribution in [2.75, 3.05) is 12.4 Å². The first kappa shape index (κ1) is 23.1. The van der Waals surface area contributed by atoms with Crippen molar-refractivity contribution in [1.82, 2.24) is 0 Å². The topological polar surface area (TPSA) is 42.2 Å². The van der Waals surface area contributed by atoms with Crippen molar-refractivity contribution in [3.63, 3.8) is 0 Å². The molecule has 0 bridgehead atoms. The van der Waals surface area contributed by atoms with Crippen LogP contribution in [0.5, 0.6) is 5.75 Å². The molecule has 5 aromatic rings. The Morgan fingerprint density at radius 3 is 1.92 bits per heavy atom. The lowest BCUT2D eigenvalue weighted by Crippen LogP contribution is -2.42. The van der Waals surface area contributed by atoms with Gasteiger partial charge in [0.05, 0.1) is 7.11 Å². The van der Waals surface area contributed by atoms with Gasteiger partial charge in [-0.2, -0.15) is 0 Å². The summed E-state index contributed by atoms with van der Waals surface area (Å²) in [5, 5.41) is 3.07. The van der Waals surface area contributed by atoms with Gasteiger partial charge in [0.15, 0.2) is 0 Å². The molecule has 0 radical (unpaired) electrons. The zero-order chi connectivity index (χ0) is 24.9. The summed E-state index contributed by atoms with van der Waals surface area (Å²) in [5.74, 6) is 0.538. The Kier molecular flexibility index (Phi) is 6.59. The lowest BCUT2D eigenvalue weighted by molar-refractivity contribution is -0.586. The van der Waals surface area contributed by atoms with Gasteiger partial charge in [0, 0.05) is 35.5 Å². The highest BCUT2D eigenvalue weighted by molar-refractivity contribution is 6.03. The van der Waals surface area contributed by atoms with Gasteiger partial charge in [-0.3, -0.25) is 4.79 Å². The molecule has 0 unspecified atom stereocenters. The number of amides is 1. The molecule has 0 saturated heterocycles. The lowest BCUT2D eigenvalue weighted by Gasteiger charge is -2.13. The first-order chi connectivity index (χ1) is 17.6. The van der Waals surface area contributed by atoms with Gasteiger partial charge >= 0.3 is 5.91 Å². The fourth-order valence-corrected chi connectivity index (χ4v) is 4.22. The fourth-order valence-electron chi connectivity index (χ4n) is 4.22. The second kappa shape index (κ2) is 10.3. The van der Waals surface area contributed by atoms with Crippen LogP contribution < -0.4 is 14.6 Å². The molecule has 36 heavy (non-hydrogen) atoms. The van der Waals surface area contributed by atoms with E-state index in [-0.39, 0.29) is 5.91 Å². The molecular formula is C32H27N2O2+.